The number of pyridine rings is 2. The van der Waals surface area contributed by atoms with Crippen LogP contribution in [0.1, 0.15) is 41.0 Å². The van der Waals surface area contributed by atoms with Crippen LogP contribution in [0.25, 0.3) is 11.4 Å². The van der Waals surface area contributed by atoms with Crippen LogP contribution >= 0.6 is 0 Å². The van der Waals surface area contributed by atoms with Gasteiger partial charge in [0.1, 0.15) is 11.4 Å². The number of amides is 1. The summed E-state index contributed by atoms with van der Waals surface area (Å²) in [6.45, 7) is 3.91. The molecule has 132 valence electrons. The summed E-state index contributed by atoms with van der Waals surface area (Å²) in [5.74, 6) is -0.112. The highest BCUT2D eigenvalue weighted by Crippen LogP contribution is 2.16. The third-order valence-corrected chi connectivity index (χ3v) is 3.99. The topological polar surface area (TPSA) is 101 Å². The maximum Gasteiger partial charge on any atom is 0.264 e. The second-order valence-corrected chi connectivity index (χ2v) is 5.91. The van der Waals surface area contributed by atoms with Crippen LogP contribution in [-0.2, 0) is 0 Å². The highest BCUT2D eigenvalue weighted by Gasteiger charge is 2.18. The van der Waals surface area contributed by atoms with Gasteiger partial charge in [-0.25, -0.2) is 4.98 Å². The fraction of sp³-hybridized carbons (Fsp3) is 0.211. The molecule has 3 heterocycles. The minimum Gasteiger partial charge on any atom is -0.343 e. The molecule has 7 heteroatoms. The number of H-pyrrole nitrogens is 1. The SMILES string of the molecule is CC[C@H](NC(=O)c1cnc(-c2cccnc2)[nH]c1=O)c1cc(C)ccn1. The Morgan fingerprint density at radius 3 is 2.73 bits per heavy atom. The van der Waals surface area contributed by atoms with Crippen LogP contribution in [0.5, 0.6) is 0 Å². The number of carbonyl (C=O) groups excluding carboxylic acids is 1. The van der Waals surface area contributed by atoms with Gasteiger partial charge in [-0.1, -0.05) is 6.92 Å². The Morgan fingerprint density at radius 1 is 1.23 bits per heavy atom. The number of aromatic nitrogens is 4. The molecular formula is C19H19N5O2. The first kappa shape index (κ1) is 17.5. The number of hydrogen-bond donors (Lipinski definition) is 2. The lowest BCUT2D eigenvalue weighted by atomic mass is 10.1. The van der Waals surface area contributed by atoms with Gasteiger partial charge in [0.15, 0.2) is 0 Å². The van der Waals surface area contributed by atoms with Crippen molar-refractivity contribution in [2.24, 2.45) is 0 Å². The minimum atomic E-state index is -0.497. The van der Waals surface area contributed by atoms with E-state index in [1.807, 2.05) is 26.0 Å². The molecule has 0 aliphatic rings. The summed E-state index contributed by atoms with van der Waals surface area (Å²) in [6, 6.07) is 7.06. The second kappa shape index (κ2) is 7.69. The molecular weight excluding hydrogens is 330 g/mol. The first-order valence-electron chi connectivity index (χ1n) is 8.31. The van der Waals surface area contributed by atoms with E-state index in [0.29, 0.717) is 17.8 Å². The van der Waals surface area contributed by atoms with Crippen molar-refractivity contribution in [2.75, 3.05) is 0 Å². The molecule has 7 nitrogen and oxygen atoms in total. The van der Waals surface area contributed by atoms with Gasteiger partial charge in [-0.3, -0.25) is 19.6 Å². The van der Waals surface area contributed by atoms with E-state index in [9.17, 15) is 9.59 Å². The molecule has 3 aromatic heterocycles. The Balaban J connectivity index is 1.82. The minimum absolute atomic E-state index is 0.0382. The summed E-state index contributed by atoms with van der Waals surface area (Å²) in [6.07, 6.45) is 6.87. The molecule has 0 aromatic carbocycles. The number of nitrogens with zero attached hydrogens (tertiary/aromatic N) is 3. The zero-order valence-electron chi connectivity index (χ0n) is 14.6. The van der Waals surface area contributed by atoms with Crippen molar-refractivity contribution < 1.29 is 4.79 Å². The van der Waals surface area contributed by atoms with Gasteiger partial charge in [0, 0.05) is 30.4 Å². The van der Waals surface area contributed by atoms with Crippen molar-refractivity contribution in [3.05, 3.63) is 76.2 Å². The van der Waals surface area contributed by atoms with Crippen molar-refractivity contribution in [1.82, 2.24) is 25.3 Å². The number of aryl methyl sites for hydroxylation is 1. The molecule has 1 amide bonds. The van der Waals surface area contributed by atoms with Crippen LogP contribution in [0.3, 0.4) is 0 Å². The molecule has 0 unspecified atom stereocenters. The molecule has 3 rings (SSSR count). The first-order chi connectivity index (χ1) is 12.6. The van der Waals surface area contributed by atoms with Crippen LogP contribution in [0.4, 0.5) is 0 Å². The van der Waals surface area contributed by atoms with Crippen molar-refractivity contribution in [1.29, 1.82) is 0 Å². The smallest absolute Gasteiger partial charge is 0.264 e. The Hall–Kier alpha value is -3.35. The number of aromatic amines is 1. The molecule has 3 aromatic rings. The molecule has 1 atom stereocenters. The van der Waals surface area contributed by atoms with Gasteiger partial charge >= 0.3 is 0 Å². The van der Waals surface area contributed by atoms with Crippen molar-refractivity contribution in [3.8, 4) is 11.4 Å². The zero-order valence-corrected chi connectivity index (χ0v) is 14.6. The van der Waals surface area contributed by atoms with Gasteiger partial charge in [0.2, 0.25) is 0 Å². The fourth-order valence-electron chi connectivity index (χ4n) is 2.58. The van der Waals surface area contributed by atoms with Gasteiger partial charge in [-0.15, -0.1) is 0 Å². The van der Waals surface area contributed by atoms with Crippen LogP contribution in [0.2, 0.25) is 0 Å². The Morgan fingerprint density at radius 2 is 2.08 bits per heavy atom. The molecule has 2 N–H and O–H groups in total. The third-order valence-electron chi connectivity index (χ3n) is 3.99. The highest BCUT2D eigenvalue weighted by atomic mass is 16.2. The average molecular weight is 349 g/mol. The maximum atomic E-state index is 12.5. The van der Waals surface area contributed by atoms with Gasteiger partial charge in [-0.05, 0) is 43.2 Å². The summed E-state index contributed by atoms with van der Waals surface area (Å²) < 4.78 is 0. The van der Waals surface area contributed by atoms with Crippen molar-refractivity contribution in [3.63, 3.8) is 0 Å². The predicted molar refractivity (Wildman–Crippen MR) is 97.6 cm³/mol. The highest BCUT2D eigenvalue weighted by molar-refractivity contribution is 5.93. The van der Waals surface area contributed by atoms with Gasteiger partial charge in [-0.2, -0.15) is 0 Å². The normalized spacial score (nSPS) is 11.8. The Bertz CT molecular complexity index is 969. The maximum absolute atomic E-state index is 12.5. The van der Waals surface area contributed by atoms with Crippen molar-refractivity contribution >= 4 is 5.91 Å². The summed E-state index contributed by atoms with van der Waals surface area (Å²) in [5, 5.41) is 2.85. The van der Waals surface area contributed by atoms with Crippen molar-refractivity contribution in [2.45, 2.75) is 26.3 Å². The molecule has 0 radical (unpaired) electrons. The molecule has 0 spiro atoms. The molecule has 0 bridgehead atoms. The third kappa shape index (κ3) is 3.83. The molecule has 0 aliphatic carbocycles. The lowest BCUT2D eigenvalue weighted by molar-refractivity contribution is 0.0932. The standard InChI is InChI=1S/C19H19N5O2/c1-3-15(16-9-12(2)6-8-21-16)23-18(25)14-11-22-17(24-19(14)26)13-5-4-7-20-10-13/h4-11,15H,3H2,1-2H3,(H,23,25)(H,22,24,26)/t15-/m0/s1. The van der Waals surface area contributed by atoms with E-state index >= 15 is 0 Å². The Labute approximate surface area is 150 Å². The summed E-state index contributed by atoms with van der Waals surface area (Å²) in [7, 11) is 0. The molecule has 0 saturated heterocycles. The van der Waals surface area contributed by atoms with E-state index < -0.39 is 11.5 Å². The summed E-state index contributed by atoms with van der Waals surface area (Å²) in [5.41, 5.74) is 1.96. The van der Waals surface area contributed by atoms with E-state index in [4.69, 9.17) is 0 Å². The lowest BCUT2D eigenvalue weighted by Crippen LogP contribution is -2.33. The first-order valence-corrected chi connectivity index (χ1v) is 8.31. The largest absolute Gasteiger partial charge is 0.343 e. The summed E-state index contributed by atoms with van der Waals surface area (Å²) in [4.78, 5) is 40.0. The van der Waals surface area contributed by atoms with Crippen LogP contribution in [0.15, 0.2) is 53.8 Å². The number of carbonyl (C=O) groups is 1. The number of nitrogens with one attached hydrogen (secondary N) is 2. The van der Waals surface area contributed by atoms with Crippen LogP contribution < -0.4 is 10.9 Å². The molecule has 26 heavy (non-hydrogen) atoms. The van der Waals surface area contributed by atoms with Gasteiger partial charge in [0.25, 0.3) is 11.5 Å². The van der Waals surface area contributed by atoms with Crippen LogP contribution in [-0.4, -0.2) is 25.8 Å². The van der Waals surface area contributed by atoms with Gasteiger partial charge in [0.05, 0.1) is 11.7 Å². The monoisotopic (exact) mass is 349 g/mol. The van der Waals surface area contributed by atoms with Gasteiger partial charge < -0.3 is 10.3 Å². The van der Waals surface area contributed by atoms with E-state index in [1.54, 1.807) is 30.7 Å². The number of hydrogen-bond acceptors (Lipinski definition) is 5. The fourth-order valence-corrected chi connectivity index (χ4v) is 2.58. The zero-order chi connectivity index (χ0) is 18.5. The van der Waals surface area contributed by atoms with Crippen LogP contribution in [0, 0.1) is 6.92 Å². The molecule has 0 saturated carbocycles. The predicted octanol–water partition coefficient (Wildman–Crippen LogP) is 2.42. The number of rotatable bonds is 5. The van der Waals surface area contributed by atoms with E-state index in [2.05, 4.69) is 25.3 Å². The lowest BCUT2D eigenvalue weighted by Gasteiger charge is -2.16. The van der Waals surface area contributed by atoms with E-state index in [1.165, 1.54) is 6.20 Å². The summed E-state index contributed by atoms with van der Waals surface area (Å²) >= 11 is 0. The second-order valence-electron chi connectivity index (χ2n) is 5.91. The quantitative estimate of drug-likeness (QED) is 0.737. The Kier molecular flexibility index (Phi) is 5.17. The van der Waals surface area contributed by atoms with E-state index in [0.717, 1.165) is 11.3 Å². The average Bonchev–Trinajstić information content (AvgIpc) is 2.66. The molecule has 0 fully saturated rings. The van der Waals surface area contributed by atoms with E-state index in [-0.39, 0.29) is 11.6 Å². The molecule has 0 aliphatic heterocycles.